The Balaban J connectivity index is 1.22. The van der Waals surface area contributed by atoms with Gasteiger partial charge in [-0.2, -0.15) is 4.39 Å². The van der Waals surface area contributed by atoms with Crippen LogP contribution in [0.5, 0.6) is 11.5 Å². The molecule has 4 rings (SSSR count). The number of aromatic nitrogens is 4. The van der Waals surface area contributed by atoms with Crippen LogP contribution in [-0.4, -0.2) is 26.1 Å². The van der Waals surface area contributed by atoms with E-state index in [1.807, 2.05) is 12.4 Å². The summed E-state index contributed by atoms with van der Waals surface area (Å²) in [5, 5.41) is 0. The highest BCUT2D eigenvalue weighted by Crippen LogP contribution is 2.37. The Morgan fingerprint density at radius 3 is 2.17 bits per heavy atom. The maximum Gasteiger partial charge on any atom is 0.519 e. The van der Waals surface area contributed by atoms with E-state index in [-0.39, 0.29) is 17.4 Å². The van der Waals surface area contributed by atoms with Crippen LogP contribution in [0.15, 0.2) is 42.9 Å². The summed E-state index contributed by atoms with van der Waals surface area (Å²) in [7, 11) is 0. The summed E-state index contributed by atoms with van der Waals surface area (Å²) in [6, 6.07) is 6.78. The third kappa shape index (κ3) is 9.85. The molecular formula is C34H45FN4O3. The second kappa shape index (κ2) is 16.9. The molecule has 1 aliphatic rings. The lowest BCUT2D eigenvalue weighted by molar-refractivity contribution is 0.149. The molecule has 3 aromatic rings. The number of hydrogen-bond acceptors (Lipinski definition) is 7. The average molecular weight is 577 g/mol. The van der Waals surface area contributed by atoms with Crippen molar-refractivity contribution in [1.82, 2.24) is 19.9 Å². The lowest BCUT2D eigenvalue weighted by Crippen LogP contribution is -2.18. The number of nitrogens with zero attached hydrogens (tertiary/aromatic N) is 4. The van der Waals surface area contributed by atoms with Crippen LogP contribution in [0, 0.1) is 11.9 Å². The molecule has 1 saturated carbocycles. The molecule has 1 fully saturated rings. The van der Waals surface area contributed by atoms with Crippen LogP contribution in [-0.2, 0) is 6.42 Å². The lowest BCUT2D eigenvalue weighted by Gasteiger charge is -2.27. The van der Waals surface area contributed by atoms with E-state index in [2.05, 4.69) is 33.8 Å². The molecule has 42 heavy (non-hydrogen) atoms. The Hall–Kier alpha value is -3.42. The van der Waals surface area contributed by atoms with Gasteiger partial charge in [-0.15, -0.1) is 0 Å². The van der Waals surface area contributed by atoms with Crippen molar-refractivity contribution in [1.29, 1.82) is 0 Å². The Kier molecular flexibility index (Phi) is 12.7. The predicted octanol–water partition coefficient (Wildman–Crippen LogP) is 9.41. The van der Waals surface area contributed by atoms with Gasteiger partial charge in [-0.05, 0) is 74.3 Å². The van der Waals surface area contributed by atoms with E-state index in [0.29, 0.717) is 11.6 Å². The lowest BCUT2D eigenvalue weighted by atomic mass is 9.79. The van der Waals surface area contributed by atoms with Crippen LogP contribution in [0.25, 0.3) is 11.4 Å². The van der Waals surface area contributed by atoms with Crippen LogP contribution in [0.2, 0.25) is 0 Å². The van der Waals surface area contributed by atoms with E-state index in [1.165, 1.54) is 64.0 Å². The molecule has 1 aliphatic carbocycles. The fraction of sp³-hybridized carbons (Fsp3) is 0.559. The number of halogens is 1. The SMILES string of the molecule is CCCCCCCCc1cnc(-c2ccc(OC(=O)Oc3cnc([C@H]4CC[C@H](CCCCC)CC4)nc3F)cc2)nc1. The van der Waals surface area contributed by atoms with Crippen molar-refractivity contribution in [3.63, 3.8) is 0 Å². The molecular weight excluding hydrogens is 531 g/mol. The van der Waals surface area contributed by atoms with Crippen LogP contribution in [0.3, 0.4) is 0 Å². The van der Waals surface area contributed by atoms with E-state index in [0.717, 1.165) is 55.6 Å². The van der Waals surface area contributed by atoms with Gasteiger partial charge in [0, 0.05) is 23.9 Å². The van der Waals surface area contributed by atoms with Crippen molar-refractivity contribution in [2.75, 3.05) is 0 Å². The quantitative estimate of drug-likeness (QED) is 0.0770. The third-order valence-corrected chi connectivity index (χ3v) is 8.19. The van der Waals surface area contributed by atoms with Gasteiger partial charge in [0.2, 0.25) is 5.75 Å². The van der Waals surface area contributed by atoms with Crippen molar-refractivity contribution in [2.45, 2.75) is 116 Å². The molecule has 2 heterocycles. The molecule has 0 aliphatic heterocycles. The molecule has 0 bridgehead atoms. The van der Waals surface area contributed by atoms with Crippen LogP contribution in [0.1, 0.15) is 121 Å². The zero-order chi connectivity index (χ0) is 29.6. The Morgan fingerprint density at radius 1 is 0.810 bits per heavy atom. The first-order valence-corrected chi connectivity index (χ1v) is 15.9. The van der Waals surface area contributed by atoms with Crippen LogP contribution < -0.4 is 9.47 Å². The molecule has 0 radical (unpaired) electrons. The zero-order valence-electron chi connectivity index (χ0n) is 25.2. The third-order valence-electron chi connectivity index (χ3n) is 8.19. The fourth-order valence-corrected chi connectivity index (χ4v) is 5.64. The number of rotatable bonds is 15. The number of hydrogen-bond donors (Lipinski definition) is 0. The number of carbonyl (C=O) groups excluding carboxylic acids is 1. The van der Waals surface area contributed by atoms with Gasteiger partial charge in [0.25, 0.3) is 5.95 Å². The number of carbonyl (C=O) groups is 1. The smallest absolute Gasteiger partial charge is 0.395 e. The minimum Gasteiger partial charge on any atom is -0.395 e. The minimum absolute atomic E-state index is 0.141. The molecule has 2 aromatic heterocycles. The normalized spacial score (nSPS) is 16.7. The van der Waals surface area contributed by atoms with Crippen LogP contribution in [0.4, 0.5) is 9.18 Å². The van der Waals surface area contributed by atoms with Gasteiger partial charge in [0.05, 0.1) is 6.20 Å². The van der Waals surface area contributed by atoms with Crippen molar-refractivity contribution >= 4 is 6.16 Å². The number of benzene rings is 1. The summed E-state index contributed by atoms with van der Waals surface area (Å²) in [6.07, 6.45) is 21.7. The molecule has 0 saturated heterocycles. The summed E-state index contributed by atoms with van der Waals surface area (Å²) in [5.41, 5.74) is 1.93. The highest BCUT2D eigenvalue weighted by atomic mass is 19.1. The summed E-state index contributed by atoms with van der Waals surface area (Å²) in [5.74, 6) is 1.03. The second-order valence-electron chi connectivity index (χ2n) is 11.5. The van der Waals surface area contributed by atoms with E-state index < -0.39 is 12.1 Å². The van der Waals surface area contributed by atoms with Crippen LogP contribution >= 0.6 is 0 Å². The Morgan fingerprint density at radius 2 is 1.48 bits per heavy atom. The van der Waals surface area contributed by atoms with Gasteiger partial charge >= 0.3 is 6.16 Å². The molecule has 7 nitrogen and oxygen atoms in total. The summed E-state index contributed by atoms with van der Waals surface area (Å²) in [6.45, 7) is 4.45. The Labute approximate surface area is 249 Å². The molecule has 8 heteroatoms. The van der Waals surface area contributed by atoms with Gasteiger partial charge < -0.3 is 9.47 Å². The first-order chi connectivity index (χ1) is 20.6. The minimum atomic E-state index is -1.05. The van der Waals surface area contributed by atoms with E-state index in [1.54, 1.807) is 24.3 Å². The molecule has 0 unspecified atom stereocenters. The average Bonchev–Trinajstić information content (AvgIpc) is 3.01. The van der Waals surface area contributed by atoms with Gasteiger partial charge in [-0.3, -0.25) is 0 Å². The predicted molar refractivity (Wildman–Crippen MR) is 162 cm³/mol. The molecule has 1 aromatic carbocycles. The topological polar surface area (TPSA) is 87.1 Å². The number of unbranched alkanes of at least 4 members (excludes halogenated alkanes) is 7. The van der Waals surface area contributed by atoms with Gasteiger partial charge in [0.15, 0.2) is 5.82 Å². The maximum absolute atomic E-state index is 14.7. The van der Waals surface area contributed by atoms with Gasteiger partial charge in [-0.25, -0.2) is 24.7 Å². The van der Waals surface area contributed by atoms with E-state index in [9.17, 15) is 9.18 Å². The van der Waals surface area contributed by atoms with Gasteiger partial charge in [-0.1, -0.05) is 71.6 Å². The highest BCUT2D eigenvalue weighted by Gasteiger charge is 2.25. The van der Waals surface area contributed by atoms with E-state index in [4.69, 9.17) is 9.47 Å². The van der Waals surface area contributed by atoms with Crippen molar-refractivity contribution in [3.05, 3.63) is 60.2 Å². The molecule has 226 valence electrons. The molecule has 0 atom stereocenters. The van der Waals surface area contributed by atoms with Crippen molar-refractivity contribution < 1.29 is 18.7 Å². The summed E-state index contributed by atoms with van der Waals surface area (Å²) in [4.78, 5) is 29.6. The Bertz CT molecular complexity index is 1230. The molecule has 0 spiro atoms. The maximum atomic E-state index is 14.7. The standard InChI is InChI=1S/C34H45FN4O3/c1-3-5-7-8-9-11-13-26-22-36-32(37-23-26)27-18-20-29(21-19-27)41-34(40)42-30-24-38-33(39-31(30)35)28-16-14-25(15-17-28)12-10-6-4-2/h18-25,28H,3-17H2,1-2H3/t25-,28-. The fourth-order valence-electron chi connectivity index (χ4n) is 5.64. The largest absolute Gasteiger partial charge is 0.519 e. The molecule has 0 amide bonds. The van der Waals surface area contributed by atoms with E-state index >= 15 is 0 Å². The number of ether oxygens (including phenoxy) is 2. The second-order valence-corrected chi connectivity index (χ2v) is 11.5. The number of aryl methyl sites for hydroxylation is 1. The highest BCUT2D eigenvalue weighted by molar-refractivity contribution is 5.67. The monoisotopic (exact) mass is 576 g/mol. The first kappa shape index (κ1) is 31.5. The van der Waals surface area contributed by atoms with Crippen molar-refractivity contribution in [2.24, 2.45) is 5.92 Å². The summed E-state index contributed by atoms with van der Waals surface area (Å²) < 4.78 is 25.0. The first-order valence-electron chi connectivity index (χ1n) is 15.9. The molecule has 0 N–H and O–H groups in total. The van der Waals surface area contributed by atoms with Crippen molar-refractivity contribution in [3.8, 4) is 22.9 Å². The van der Waals surface area contributed by atoms with Gasteiger partial charge in [0.1, 0.15) is 11.6 Å². The zero-order valence-corrected chi connectivity index (χ0v) is 25.2. The summed E-state index contributed by atoms with van der Waals surface area (Å²) >= 11 is 0.